The summed E-state index contributed by atoms with van der Waals surface area (Å²) in [4.78, 5) is 30.4. The largest absolute Gasteiger partial charge is 0.497 e. The van der Waals surface area contributed by atoms with Crippen molar-refractivity contribution in [1.29, 1.82) is 0 Å². The number of nitrogens with one attached hydrogen (secondary N) is 1. The van der Waals surface area contributed by atoms with Gasteiger partial charge in [0.1, 0.15) is 29.6 Å². The lowest BCUT2D eigenvalue weighted by Crippen LogP contribution is -2.45. The van der Waals surface area contributed by atoms with Gasteiger partial charge in [-0.05, 0) is 61.0 Å². The van der Waals surface area contributed by atoms with E-state index in [9.17, 15) is 14.0 Å². The van der Waals surface area contributed by atoms with E-state index in [1.54, 1.807) is 55.5 Å². The highest BCUT2D eigenvalue weighted by atomic mass is 19.1. The van der Waals surface area contributed by atoms with Crippen LogP contribution in [0.3, 0.4) is 0 Å². The van der Waals surface area contributed by atoms with Crippen molar-refractivity contribution in [2.24, 2.45) is 0 Å². The molecule has 0 aliphatic heterocycles. The molecule has 1 unspecified atom stereocenters. The van der Waals surface area contributed by atoms with Gasteiger partial charge in [-0.25, -0.2) is 4.39 Å². The van der Waals surface area contributed by atoms with Crippen molar-refractivity contribution < 1.29 is 23.1 Å². The van der Waals surface area contributed by atoms with Gasteiger partial charge in [-0.15, -0.1) is 10.2 Å². The van der Waals surface area contributed by atoms with Gasteiger partial charge in [-0.3, -0.25) is 14.5 Å². The third kappa shape index (κ3) is 6.52. The first-order chi connectivity index (χ1) is 20.3. The summed E-state index contributed by atoms with van der Waals surface area (Å²) in [6, 6.07) is 22.4. The molecule has 3 aromatic carbocycles. The Hall–Kier alpha value is -5.32. The maximum absolute atomic E-state index is 14.0. The molecule has 214 valence electrons. The molecule has 5 rings (SSSR count). The predicted octanol–water partition coefficient (Wildman–Crippen LogP) is 4.79. The summed E-state index contributed by atoms with van der Waals surface area (Å²) in [5.74, 6) is 0.310. The van der Waals surface area contributed by atoms with E-state index in [4.69, 9.17) is 9.15 Å². The molecule has 11 heteroatoms. The van der Waals surface area contributed by atoms with E-state index in [2.05, 4.69) is 20.7 Å². The fourth-order valence-electron chi connectivity index (χ4n) is 4.39. The van der Waals surface area contributed by atoms with Gasteiger partial charge in [-0.2, -0.15) is 4.80 Å². The molecule has 0 spiro atoms. The summed E-state index contributed by atoms with van der Waals surface area (Å²) in [5, 5.41) is 15.4. The minimum atomic E-state index is -1.20. The molecule has 2 amide bonds. The Balaban J connectivity index is 1.49. The monoisotopic (exact) mass is 568 g/mol. The summed E-state index contributed by atoms with van der Waals surface area (Å²) in [5.41, 5.74) is 2.93. The van der Waals surface area contributed by atoms with Crippen LogP contribution < -0.4 is 15.0 Å². The zero-order valence-corrected chi connectivity index (χ0v) is 23.3. The third-order valence-electron chi connectivity index (χ3n) is 6.56. The normalized spacial score (nSPS) is 11.6. The van der Waals surface area contributed by atoms with Gasteiger partial charge in [-0.1, -0.05) is 48.0 Å². The summed E-state index contributed by atoms with van der Waals surface area (Å²) in [6.45, 7) is 3.53. The van der Waals surface area contributed by atoms with Gasteiger partial charge < -0.3 is 14.5 Å². The van der Waals surface area contributed by atoms with Crippen molar-refractivity contribution in [3.8, 4) is 17.1 Å². The van der Waals surface area contributed by atoms with E-state index in [1.807, 2.05) is 31.2 Å². The number of hydrogen-bond acceptors (Lipinski definition) is 7. The van der Waals surface area contributed by atoms with Crippen molar-refractivity contribution in [3.05, 3.63) is 113 Å². The first kappa shape index (κ1) is 28.2. The SMILES string of the molecule is COc1cccc(N(C(=O)Cn2nnc(-c3ccc(C)cc3)n2)C(C(=O)NCc2ccc(F)cc2)c2ccc(C)o2)c1. The van der Waals surface area contributed by atoms with Crippen molar-refractivity contribution in [3.63, 3.8) is 0 Å². The number of amides is 2. The van der Waals surface area contributed by atoms with E-state index >= 15 is 0 Å². The van der Waals surface area contributed by atoms with Crippen LogP contribution in [0, 0.1) is 19.7 Å². The molecule has 1 atom stereocenters. The molecule has 2 heterocycles. The van der Waals surface area contributed by atoms with Crippen LogP contribution >= 0.6 is 0 Å². The summed E-state index contributed by atoms with van der Waals surface area (Å²) in [6.07, 6.45) is 0. The van der Waals surface area contributed by atoms with E-state index in [0.29, 0.717) is 28.6 Å². The number of aryl methyl sites for hydroxylation is 2. The van der Waals surface area contributed by atoms with E-state index in [1.165, 1.54) is 28.9 Å². The smallest absolute Gasteiger partial charge is 0.251 e. The number of furan rings is 1. The molecule has 0 fully saturated rings. The second kappa shape index (κ2) is 12.5. The van der Waals surface area contributed by atoms with Gasteiger partial charge in [0.25, 0.3) is 11.8 Å². The number of aromatic nitrogens is 4. The molecular weight excluding hydrogens is 539 g/mol. The number of tetrazole rings is 1. The first-order valence-corrected chi connectivity index (χ1v) is 13.2. The summed E-state index contributed by atoms with van der Waals surface area (Å²) >= 11 is 0. The number of nitrogens with zero attached hydrogens (tertiary/aromatic N) is 5. The second-order valence-corrected chi connectivity index (χ2v) is 9.67. The average molecular weight is 569 g/mol. The standard InChI is InChI=1S/C31H29FN6O4/c1-20-7-12-23(13-8-20)30-34-36-37(35-30)19-28(39)38(25-5-4-6-26(17-25)41-3)29(27-16-9-21(2)42-27)31(40)33-18-22-10-14-24(32)15-11-22/h4-17,29H,18-19H2,1-3H3,(H,33,40). The molecule has 0 radical (unpaired) electrons. The fraction of sp³-hybridized carbons (Fsp3) is 0.194. The topological polar surface area (TPSA) is 115 Å². The van der Waals surface area contributed by atoms with Crippen LogP contribution in [0.2, 0.25) is 0 Å². The zero-order chi connectivity index (χ0) is 29.6. The molecule has 2 aromatic heterocycles. The fourth-order valence-corrected chi connectivity index (χ4v) is 4.39. The van der Waals surface area contributed by atoms with E-state index < -0.39 is 17.9 Å². The quantitative estimate of drug-likeness (QED) is 0.258. The van der Waals surface area contributed by atoms with E-state index in [0.717, 1.165) is 11.1 Å². The first-order valence-electron chi connectivity index (χ1n) is 13.2. The minimum Gasteiger partial charge on any atom is -0.497 e. The number of methoxy groups -OCH3 is 1. The van der Waals surface area contributed by atoms with Crippen molar-refractivity contribution in [2.75, 3.05) is 12.0 Å². The molecule has 10 nitrogen and oxygen atoms in total. The highest BCUT2D eigenvalue weighted by molar-refractivity contribution is 6.01. The van der Waals surface area contributed by atoms with Gasteiger partial charge in [0, 0.05) is 23.9 Å². The maximum Gasteiger partial charge on any atom is 0.251 e. The molecule has 1 N–H and O–H groups in total. The molecule has 5 aromatic rings. The van der Waals surface area contributed by atoms with Crippen LogP contribution in [0.5, 0.6) is 5.75 Å². The van der Waals surface area contributed by atoms with Gasteiger partial charge in [0.15, 0.2) is 6.04 Å². The number of hydrogen-bond donors (Lipinski definition) is 1. The Morgan fingerprint density at radius 2 is 1.79 bits per heavy atom. The Labute approximate surface area is 241 Å². The lowest BCUT2D eigenvalue weighted by Gasteiger charge is -2.30. The Bertz CT molecular complexity index is 1680. The van der Waals surface area contributed by atoms with Crippen LogP contribution in [0.4, 0.5) is 10.1 Å². The Morgan fingerprint density at radius 3 is 2.48 bits per heavy atom. The van der Waals surface area contributed by atoms with Gasteiger partial charge in [0.2, 0.25) is 5.82 Å². The lowest BCUT2D eigenvalue weighted by molar-refractivity contribution is -0.127. The summed E-state index contributed by atoms with van der Waals surface area (Å²) in [7, 11) is 1.51. The number of benzene rings is 3. The molecule has 0 bridgehead atoms. The minimum absolute atomic E-state index is 0.111. The molecule has 0 saturated carbocycles. The van der Waals surface area contributed by atoms with Crippen LogP contribution in [-0.2, 0) is 22.7 Å². The maximum atomic E-state index is 14.0. The number of rotatable bonds is 10. The zero-order valence-electron chi connectivity index (χ0n) is 23.3. The van der Waals surface area contributed by atoms with Crippen molar-refractivity contribution >= 4 is 17.5 Å². The number of ether oxygens (including phenoxy) is 1. The van der Waals surface area contributed by atoms with Crippen LogP contribution in [0.15, 0.2) is 89.3 Å². The van der Waals surface area contributed by atoms with Crippen molar-refractivity contribution in [1.82, 2.24) is 25.5 Å². The number of carbonyl (C=O) groups excluding carboxylic acids is 2. The van der Waals surface area contributed by atoms with Gasteiger partial charge in [0.05, 0.1) is 7.11 Å². The highest BCUT2D eigenvalue weighted by Gasteiger charge is 2.35. The lowest BCUT2D eigenvalue weighted by atomic mass is 10.1. The summed E-state index contributed by atoms with van der Waals surface area (Å²) < 4.78 is 24.7. The molecule has 42 heavy (non-hydrogen) atoms. The molecular formula is C31H29FN6O4. The van der Waals surface area contributed by atoms with Crippen LogP contribution in [0.1, 0.15) is 28.7 Å². The second-order valence-electron chi connectivity index (χ2n) is 9.67. The van der Waals surface area contributed by atoms with Crippen molar-refractivity contribution in [2.45, 2.75) is 33.0 Å². The average Bonchev–Trinajstić information content (AvgIpc) is 3.64. The number of anilines is 1. The molecule has 0 aliphatic rings. The van der Waals surface area contributed by atoms with E-state index in [-0.39, 0.29) is 24.7 Å². The van der Waals surface area contributed by atoms with Crippen LogP contribution in [0.25, 0.3) is 11.4 Å². The molecule has 0 aliphatic carbocycles. The third-order valence-corrected chi connectivity index (χ3v) is 6.56. The van der Waals surface area contributed by atoms with Gasteiger partial charge >= 0.3 is 0 Å². The Kier molecular flexibility index (Phi) is 8.37. The van der Waals surface area contributed by atoms with Crippen LogP contribution in [-0.4, -0.2) is 39.1 Å². The number of halogens is 1. The number of carbonyl (C=O) groups is 2. The Morgan fingerprint density at radius 1 is 1.02 bits per heavy atom. The highest BCUT2D eigenvalue weighted by Crippen LogP contribution is 2.32. The molecule has 0 saturated heterocycles. The predicted molar refractivity (Wildman–Crippen MR) is 153 cm³/mol.